The fraction of sp³-hybridized carbons (Fsp3) is 0.214. The molecule has 0 unspecified atom stereocenters. The minimum absolute atomic E-state index is 0.00758. The molecule has 198 valence electrons. The highest BCUT2D eigenvalue weighted by molar-refractivity contribution is 5.84. The van der Waals surface area contributed by atoms with E-state index < -0.39 is 64.1 Å². The van der Waals surface area contributed by atoms with Crippen molar-refractivity contribution in [2.45, 2.75) is 13.2 Å². The Labute approximate surface area is 212 Å². The molecule has 1 saturated heterocycles. The van der Waals surface area contributed by atoms with Gasteiger partial charge in [-0.25, -0.2) is 30.7 Å². The highest BCUT2D eigenvalue weighted by Crippen LogP contribution is 2.34. The van der Waals surface area contributed by atoms with Crippen molar-refractivity contribution in [3.05, 3.63) is 100 Å². The highest BCUT2D eigenvalue weighted by atomic mass is 19.2. The summed E-state index contributed by atoms with van der Waals surface area (Å²) in [5.74, 6) is -9.75. The summed E-state index contributed by atoms with van der Waals surface area (Å²) < 4.78 is 115. The molecule has 1 fully saturated rings. The SMILES string of the molecule is Cc1ccc(-c2cc(F)c(OCC3COC(c4cc(F)c5c(F)c(F)c(F)cc5c4)OC3)c(F)c2)c(F)c1. The molecule has 0 N–H and O–H groups in total. The first kappa shape index (κ1) is 26.0. The molecule has 0 bridgehead atoms. The summed E-state index contributed by atoms with van der Waals surface area (Å²) in [6, 6.07) is 9.04. The molecule has 5 rings (SSSR count). The average molecular weight is 536 g/mol. The van der Waals surface area contributed by atoms with E-state index in [1.807, 2.05) is 0 Å². The largest absolute Gasteiger partial charge is 0.487 e. The van der Waals surface area contributed by atoms with Gasteiger partial charge in [-0.15, -0.1) is 0 Å². The third-order valence-corrected chi connectivity index (χ3v) is 6.18. The Morgan fingerprint density at radius 2 is 1.42 bits per heavy atom. The van der Waals surface area contributed by atoms with Crippen LogP contribution in [-0.2, 0) is 9.47 Å². The standard InChI is InChI=1S/C28H19F7O3/c1-13-2-3-18(19(29)4-13)15-6-22(32)27(23(33)7-15)36-10-14-11-37-28(38-12-14)17-5-16-8-21(31)25(34)26(35)24(16)20(30)9-17/h2-9,14,28H,10-12H2,1H3. The van der Waals surface area contributed by atoms with Gasteiger partial charge >= 0.3 is 0 Å². The molecule has 1 heterocycles. The second-order valence-electron chi connectivity index (χ2n) is 9.02. The van der Waals surface area contributed by atoms with Gasteiger partial charge in [0.1, 0.15) is 11.6 Å². The van der Waals surface area contributed by atoms with Gasteiger partial charge < -0.3 is 14.2 Å². The van der Waals surface area contributed by atoms with Crippen LogP contribution in [0.2, 0.25) is 0 Å². The van der Waals surface area contributed by atoms with Crippen molar-refractivity contribution in [3.63, 3.8) is 0 Å². The Morgan fingerprint density at radius 3 is 2.08 bits per heavy atom. The Bertz CT molecular complexity index is 1510. The van der Waals surface area contributed by atoms with Crippen LogP contribution in [0, 0.1) is 53.6 Å². The molecule has 10 heteroatoms. The summed E-state index contributed by atoms with van der Waals surface area (Å²) in [5.41, 5.74) is 0.828. The van der Waals surface area contributed by atoms with Crippen molar-refractivity contribution < 1.29 is 44.9 Å². The van der Waals surface area contributed by atoms with Gasteiger partial charge in [0.05, 0.1) is 25.2 Å². The van der Waals surface area contributed by atoms with Gasteiger partial charge in [0.15, 0.2) is 41.1 Å². The van der Waals surface area contributed by atoms with Crippen molar-refractivity contribution in [3.8, 4) is 16.9 Å². The van der Waals surface area contributed by atoms with Gasteiger partial charge in [0, 0.05) is 17.0 Å². The number of hydrogen-bond acceptors (Lipinski definition) is 3. The lowest BCUT2D eigenvalue weighted by Crippen LogP contribution is -2.31. The maximum Gasteiger partial charge on any atom is 0.195 e. The molecule has 1 aliphatic rings. The van der Waals surface area contributed by atoms with E-state index in [1.165, 1.54) is 18.2 Å². The molecule has 3 nitrogen and oxygen atoms in total. The van der Waals surface area contributed by atoms with Crippen LogP contribution >= 0.6 is 0 Å². The molecule has 4 aromatic carbocycles. The van der Waals surface area contributed by atoms with Gasteiger partial charge in [-0.3, -0.25) is 0 Å². The lowest BCUT2D eigenvalue weighted by molar-refractivity contribution is -0.208. The lowest BCUT2D eigenvalue weighted by Gasteiger charge is -2.29. The van der Waals surface area contributed by atoms with Gasteiger partial charge in [-0.05, 0) is 59.8 Å². The van der Waals surface area contributed by atoms with Crippen molar-refractivity contribution in [2.24, 2.45) is 5.92 Å². The fourth-order valence-electron chi connectivity index (χ4n) is 4.29. The smallest absolute Gasteiger partial charge is 0.195 e. The first-order valence-corrected chi connectivity index (χ1v) is 11.5. The summed E-state index contributed by atoms with van der Waals surface area (Å²) in [6.45, 7) is 1.48. The van der Waals surface area contributed by atoms with E-state index in [0.717, 1.165) is 18.2 Å². The lowest BCUT2D eigenvalue weighted by atomic mass is 10.0. The fourth-order valence-corrected chi connectivity index (χ4v) is 4.29. The summed E-state index contributed by atoms with van der Waals surface area (Å²) >= 11 is 0. The van der Waals surface area contributed by atoms with E-state index in [0.29, 0.717) is 11.6 Å². The molecule has 1 aliphatic heterocycles. The highest BCUT2D eigenvalue weighted by Gasteiger charge is 2.27. The first-order valence-electron chi connectivity index (χ1n) is 11.5. The average Bonchev–Trinajstić information content (AvgIpc) is 2.86. The van der Waals surface area contributed by atoms with Crippen LogP contribution in [0.4, 0.5) is 30.7 Å². The van der Waals surface area contributed by atoms with Gasteiger partial charge in [0.2, 0.25) is 0 Å². The summed E-state index contributed by atoms with van der Waals surface area (Å²) in [5, 5.41) is -0.913. The molecule has 0 spiro atoms. The topological polar surface area (TPSA) is 27.7 Å². The van der Waals surface area contributed by atoms with Crippen LogP contribution in [0.25, 0.3) is 21.9 Å². The molecule has 0 amide bonds. The molecule has 4 aromatic rings. The summed E-state index contributed by atoms with van der Waals surface area (Å²) in [7, 11) is 0. The van der Waals surface area contributed by atoms with Crippen molar-refractivity contribution in [1.29, 1.82) is 0 Å². The van der Waals surface area contributed by atoms with Crippen LogP contribution in [0.5, 0.6) is 5.75 Å². The first-order chi connectivity index (χ1) is 18.1. The Morgan fingerprint density at radius 1 is 0.737 bits per heavy atom. The Kier molecular flexibility index (Phi) is 7.02. The number of aryl methyl sites for hydroxylation is 1. The number of halogens is 7. The number of benzene rings is 4. The van der Waals surface area contributed by atoms with Crippen molar-refractivity contribution in [2.75, 3.05) is 19.8 Å². The predicted molar refractivity (Wildman–Crippen MR) is 124 cm³/mol. The zero-order chi connectivity index (χ0) is 27.1. The number of rotatable bonds is 5. The number of fused-ring (bicyclic) bond motifs is 1. The molecule has 38 heavy (non-hydrogen) atoms. The second kappa shape index (κ2) is 10.3. The van der Waals surface area contributed by atoms with E-state index in [4.69, 9.17) is 14.2 Å². The van der Waals surface area contributed by atoms with Gasteiger partial charge in [-0.1, -0.05) is 12.1 Å². The van der Waals surface area contributed by atoms with Crippen molar-refractivity contribution >= 4 is 10.8 Å². The molecule has 0 atom stereocenters. The quantitative estimate of drug-likeness (QED) is 0.195. The van der Waals surface area contributed by atoms with Crippen LogP contribution in [0.15, 0.2) is 48.5 Å². The minimum Gasteiger partial charge on any atom is -0.487 e. The number of hydrogen-bond donors (Lipinski definition) is 0. The third-order valence-electron chi connectivity index (χ3n) is 6.18. The molecule has 0 aromatic heterocycles. The normalized spacial score (nSPS) is 17.7. The maximum atomic E-state index is 14.6. The van der Waals surface area contributed by atoms with Gasteiger partial charge in [-0.2, -0.15) is 0 Å². The third kappa shape index (κ3) is 4.93. The van der Waals surface area contributed by atoms with Gasteiger partial charge in [0.25, 0.3) is 0 Å². The predicted octanol–water partition coefficient (Wildman–Crippen LogP) is 7.53. The Hall–Kier alpha value is -3.63. The maximum absolute atomic E-state index is 14.6. The van der Waals surface area contributed by atoms with E-state index in [9.17, 15) is 30.7 Å². The van der Waals surface area contributed by atoms with Crippen LogP contribution in [0.3, 0.4) is 0 Å². The molecular formula is C28H19F7O3. The van der Waals surface area contributed by atoms with Crippen LogP contribution < -0.4 is 4.74 Å². The molecule has 0 aliphatic carbocycles. The zero-order valence-electron chi connectivity index (χ0n) is 19.8. The molecule has 0 saturated carbocycles. The Balaban J connectivity index is 1.25. The summed E-state index contributed by atoms with van der Waals surface area (Å²) in [4.78, 5) is 0. The molecule has 0 radical (unpaired) electrons. The molecular weight excluding hydrogens is 517 g/mol. The van der Waals surface area contributed by atoms with E-state index in [-0.39, 0.29) is 41.9 Å². The van der Waals surface area contributed by atoms with E-state index in [2.05, 4.69) is 0 Å². The van der Waals surface area contributed by atoms with E-state index in [1.54, 1.807) is 13.0 Å². The van der Waals surface area contributed by atoms with Crippen LogP contribution in [-0.4, -0.2) is 19.8 Å². The number of ether oxygens (including phenoxy) is 3. The zero-order valence-corrected chi connectivity index (χ0v) is 19.8. The minimum atomic E-state index is -1.78. The van der Waals surface area contributed by atoms with Crippen LogP contribution in [0.1, 0.15) is 17.4 Å². The summed E-state index contributed by atoms with van der Waals surface area (Å²) in [6.07, 6.45) is -1.10. The van der Waals surface area contributed by atoms with E-state index >= 15 is 0 Å². The second-order valence-corrected chi connectivity index (χ2v) is 9.02. The van der Waals surface area contributed by atoms with Crippen molar-refractivity contribution in [1.82, 2.24) is 0 Å². The monoisotopic (exact) mass is 536 g/mol.